The SMILES string of the molecule is COCOc1cc2c(COC)nn(-c3ccccc3)c2c2ccccc12. The molecule has 4 rings (SSSR count). The molecule has 132 valence electrons. The van der Waals surface area contributed by atoms with Crippen LogP contribution in [0.3, 0.4) is 0 Å². The van der Waals surface area contributed by atoms with Crippen molar-refractivity contribution in [1.29, 1.82) is 0 Å². The van der Waals surface area contributed by atoms with E-state index in [9.17, 15) is 0 Å². The fraction of sp³-hybridized carbons (Fsp3) is 0.190. The molecule has 5 nitrogen and oxygen atoms in total. The van der Waals surface area contributed by atoms with Gasteiger partial charge in [0.05, 0.1) is 23.5 Å². The third-order valence-electron chi connectivity index (χ3n) is 4.34. The maximum absolute atomic E-state index is 5.82. The summed E-state index contributed by atoms with van der Waals surface area (Å²) in [6.07, 6.45) is 0. The van der Waals surface area contributed by atoms with Crippen LogP contribution in [0.1, 0.15) is 5.69 Å². The fourth-order valence-electron chi connectivity index (χ4n) is 3.24. The van der Waals surface area contributed by atoms with Gasteiger partial charge < -0.3 is 14.2 Å². The topological polar surface area (TPSA) is 45.5 Å². The lowest BCUT2D eigenvalue weighted by Crippen LogP contribution is -2.00. The van der Waals surface area contributed by atoms with E-state index in [1.165, 1.54) is 0 Å². The maximum atomic E-state index is 5.82. The van der Waals surface area contributed by atoms with Crippen molar-refractivity contribution in [1.82, 2.24) is 9.78 Å². The summed E-state index contributed by atoms with van der Waals surface area (Å²) in [6, 6.07) is 20.3. The van der Waals surface area contributed by atoms with Gasteiger partial charge in [0, 0.05) is 30.4 Å². The summed E-state index contributed by atoms with van der Waals surface area (Å²) < 4.78 is 18.3. The largest absolute Gasteiger partial charge is 0.467 e. The number of nitrogens with zero attached hydrogens (tertiary/aromatic N) is 2. The van der Waals surface area contributed by atoms with Crippen molar-refractivity contribution >= 4 is 21.7 Å². The minimum absolute atomic E-state index is 0.196. The molecule has 26 heavy (non-hydrogen) atoms. The zero-order chi connectivity index (χ0) is 17.9. The number of fused-ring (bicyclic) bond motifs is 3. The van der Waals surface area contributed by atoms with Crippen LogP contribution in [0.25, 0.3) is 27.4 Å². The zero-order valence-electron chi connectivity index (χ0n) is 14.8. The summed E-state index contributed by atoms with van der Waals surface area (Å²) in [5.74, 6) is 0.778. The van der Waals surface area contributed by atoms with Crippen molar-refractivity contribution in [2.45, 2.75) is 6.61 Å². The molecule has 0 aliphatic carbocycles. The highest BCUT2D eigenvalue weighted by molar-refractivity contribution is 6.10. The lowest BCUT2D eigenvalue weighted by Gasteiger charge is -2.11. The Balaban J connectivity index is 2.06. The highest BCUT2D eigenvalue weighted by Gasteiger charge is 2.17. The fourth-order valence-corrected chi connectivity index (χ4v) is 3.24. The molecule has 0 aliphatic rings. The molecule has 0 saturated carbocycles. The second-order valence-electron chi connectivity index (χ2n) is 5.99. The first-order valence-electron chi connectivity index (χ1n) is 8.43. The van der Waals surface area contributed by atoms with E-state index in [1.54, 1.807) is 14.2 Å². The highest BCUT2D eigenvalue weighted by Crippen LogP contribution is 2.36. The number of ether oxygens (including phenoxy) is 3. The van der Waals surface area contributed by atoms with Gasteiger partial charge in [-0.3, -0.25) is 0 Å². The van der Waals surface area contributed by atoms with Crippen LogP contribution in [-0.2, 0) is 16.1 Å². The first-order chi connectivity index (χ1) is 12.8. The van der Waals surface area contributed by atoms with Gasteiger partial charge in [-0.2, -0.15) is 5.10 Å². The normalized spacial score (nSPS) is 11.3. The van der Waals surface area contributed by atoms with Gasteiger partial charge in [-0.1, -0.05) is 42.5 Å². The summed E-state index contributed by atoms with van der Waals surface area (Å²) in [4.78, 5) is 0. The van der Waals surface area contributed by atoms with Gasteiger partial charge in [0.2, 0.25) is 0 Å². The molecule has 1 aromatic heterocycles. The van der Waals surface area contributed by atoms with Gasteiger partial charge in [0.1, 0.15) is 5.75 Å². The Morgan fingerprint density at radius 2 is 1.58 bits per heavy atom. The number of methoxy groups -OCH3 is 2. The maximum Gasteiger partial charge on any atom is 0.188 e. The molecule has 0 aliphatic heterocycles. The van der Waals surface area contributed by atoms with Crippen molar-refractivity contribution in [3.05, 3.63) is 66.4 Å². The van der Waals surface area contributed by atoms with E-state index in [0.29, 0.717) is 6.61 Å². The third-order valence-corrected chi connectivity index (χ3v) is 4.34. The molecule has 0 N–H and O–H groups in total. The monoisotopic (exact) mass is 348 g/mol. The molecular formula is C21H20N2O3. The minimum Gasteiger partial charge on any atom is -0.467 e. The average Bonchev–Trinajstić information content (AvgIpc) is 3.06. The zero-order valence-corrected chi connectivity index (χ0v) is 14.8. The number of para-hydroxylation sites is 1. The Kier molecular flexibility index (Phi) is 4.56. The Morgan fingerprint density at radius 1 is 0.846 bits per heavy atom. The molecule has 0 bridgehead atoms. The number of benzene rings is 3. The van der Waals surface area contributed by atoms with E-state index in [0.717, 1.165) is 38.8 Å². The lowest BCUT2D eigenvalue weighted by atomic mass is 10.0. The second-order valence-corrected chi connectivity index (χ2v) is 5.99. The second kappa shape index (κ2) is 7.15. The molecule has 0 radical (unpaired) electrons. The molecule has 0 atom stereocenters. The summed E-state index contributed by atoms with van der Waals surface area (Å²) >= 11 is 0. The molecule has 0 saturated heterocycles. The first-order valence-corrected chi connectivity index (χ1v) is 8.43. The average molecular weight is 348 g/mol. The van der Waals surface area contributed by atoms with E-state index in [4.69, 9.17) is 19.3 Å². The Hall–Kier alpha value is -2.89. The van der Waals surface area contributed by atoms with Gasteiger partial charge in [0.25, 0.3) is 0 Å². The van der Waals surface area contributed by atoms with Crippen LogP contribution in [0.4, 0.5) is 0 Å². The van der Waals surface area contributed by atoms with E-state index in [2.05, 4.69) is 12.1 Å². The van der Waals surface area contributed by atoms with Gasteiger partial charge in [0.15, 0.2) is 6.79 Å². The Morgan fingerprint density at radius 3 is 2.31 bits per heavy atom. The minimum atomic E-state index is 0.196. The van der Waals surface area contributed by atoms with Crippen molar-refractivity contribution in [3.63, 3.8) is 0 Å². The predicted octanol–water partition coefficient (Wildman–Crippen LogP) is 4.31. The van der Waals surface area contributed by atoms with Gasteiger partial charge >= 0.3 is 0 Å². The van der Waals surface area contributed by atoms with Gasteiger partial charge in [-0.15, -0.1) is 0 Å². The molecular weight excluding hydrogens is 328 g/mol. The van der Waals surface area contributed by atoms with E-state index in [1.807, 2.05) is 53.2 Å². The predicted molar refractivity (Wildman–Crippen MR) is 102 cm³/mol. The molecule has 3 aromatic carbocycles. The third kappa shape index (κ3) is 2.81. The number of hydrogen-bond donors (Lipinski definition) is 0. The quantitative estimate of drug-likeness (QED) is 0.487. The standard InChI is InChI=1S/C21H20N2O3/c1-24-13-19-18-12-20(26-14-25-2)16-10-6-7-11-17(16)21(18)23(22-19)15-8-4-3-5-9-15/h3-12H,13-14H2,1-2H3. The highest BCUT2D eigenvalue weighted by atomic mass is 16.7. The first kappa shape index (κ1) is 16.6. The summed E-state index contributed by atoms with van der Waals surface area (Å²) in [7, 11) is 3.29. The molecule has 0 spiro atoms. The summed E-state index contributed by atoms with van der Waals surface area (Å²) in [5.41, 5.74) is 2.93. The number of rotatable bonds is 6. The number of aromatic nitrogens is 2. The van der Waals surface area contributed by atoms with E-state index in [-0.39, 0.29) is 6.79 Å². The van der Waals surface area contributed by atoms with Crippen LogP contribution in [0.2, 0.25) is 0 Å². The van der Waals surface area contributed by atoms with Crippen molar-refractivity contribution in [2.24, 2.45) is 0 Å². The van der Waals surface area contributed by atoms with Crippen LogP contribution < -0.4 is 4.74 Å². The molecule has 0 amide bonds. The van der Waals surface area contributed by atoms with Crippen molar-refractivity contribution < 1.29 is 14.2 Å². The van der Waals surface area contributed by atoms with Gasteiger partial charge in [-0.05, 0) is 18.2 Å². The smallest absolute Gasteiger partial charge is 0.188 e. The summed E-state index contributed by atoms with van der Waals surface area (Å²) in [6.45, 7) is 0.625. The van der Waals surface area contributed by atoms with Crippen LogP contribution in [0.15, 0.2) is 60.7 Å². The van der Waals surface area contributed by atoms with Gasteiger partial charge in [-0.25, -0.2) is 4.68 Å². The van der Waals surface area contributed by atoms with Crippen molar-refractivity contribution in [2.75, 3.05) is 21.0 Å². The van der Waals surface area contributed by atoms with Crippen LogP contribution in [-0.4, -0.2) is 30.8 Å². The number of hydrogen-bond acceptors (Lipinski definition) is 4. The lowest BCUT2D eigenvalue weighted by molar-refractivity contribution is 0.0523. The molecule has 4 aromatic rings. The van der Waals surface area contributed by atoms with E-state index < -0.39 is 0 Å². The van der Waals surface area contributed by atoms with Crippen LogP contribution in [0.5, 0.6) is 5.75 Å². The Bertz CT molecular complexity index is 1040. The van der Waals surface area contributed by atoms with E-state index >= 15 is 0 Å². The molecule has 5 heteroatoms. The molecule has 0 fully saturated rings. The van der Waals surface area contributed by atoms with Crippen LogP contribution in [0, 0.1) is 0 Å². The molecule has 0 unspecified atom stereocenters. The molecule has 1 heterocycles. The van der Waals surface area contributed by atoms with Crippen molar-refractivity contribution in [3.8, 4) is 11.4 Å². The van der Waals surface area contributed by atoms with Crippen LogP contribution >= 0.6 is 0 Å². The Labute approximate surface area is 151 Å². The summed E-state index contributed by atoms with van der Waals surface area (Å²) in [5, 5.41) is 7.94.